The van der Waals surface area contributed by atoms with Crippen molar-refractivity contribution in [1.82, 2.24) is 10.6 Å². The van der Waals surface area contributed by atoms with E-state index in [0.717, 1.165) is 18.8 Å². The van der Waals surface area contributed by atoms with Gasteiger partial charge in [0.1, 0.15) is 12.4 Å². The molecule has 1 unspecified atom stereocenters. The second-order valence-electron chi connectivity index (χ2n) is 7.74. The summed E-state index contributed by atoms with van der Waals surface area (Å²) in [5.41, 5.74) is 0.327. The first-order valence-corrected chi connectivity index (χ1v) is 10.8. The van der Waals surface area contributed by atoms with Crippen LogP contribution in [0, 0.1) is 5.41 Å². The Kier molecular flexibility index (Phi) is 11.3. The van der Waals surface area contributed by atoms with Crippen molar-refractivity contribution in [3.8, 4) is 5.75 Å². The summed E-state index contributed by atoms with van der Waals surface area (Å²) in [7, 11) is -1.43. The molecule has 0 radical (unpaired) electrons. The lowest BCUT2D eigenvalue weighted by Gasteiger charge is -2.23. The molecule has 0 aliphatic rings. The van der Waals surface area contributed by atoms with E-state index < -0.39 is 9.84 Å². The number of hydrogen-bond donors (Lipinski definition) is 2. The predicted molar refractivity (Wildman–Crippen MR) is 123 cm³/mol. The molecule has 0 saturated heterocycles. The molecule has 0 aliphatic heterocycles. The molecule has 0 fully saturated rings. The summed E-state index contributed by atoms with van der Waals surface area (Å²) in [6.45, 7) is 9.93. The fourth-order valence-electron chi connectivity index (χ4n) is 2.27. The van der Waals surface area contributed by atoms with Gasteiger partial charge in [-0.05, 0) is 49.4 Å². The molecule has 1 rings (SSSR count). The number of halogens is 1. The van der Waals surface area contributed by atoms with Crippen molar-refractivity contribution >= 4 is 39.8 Å². The molecular formula is C19H34IN3O3S. The summed E-state index contributed by atoms with van der Waals surface area (Å²) in [5.74, 6) is 1.39. The fourth-order valence-corrected chi connectivity index (χ4v) is 2.90. The Morgan fingerprint density at radius 3 is 2.30 bits per heavy atom. The Morgan fingerprint density at radius 2 is 1.81 bits per heavy atom. The summed E-state index contributed by atoms with van der Waals surface area (Å²) >= 11 is 0. The molecule has 27 heavy (non-hydrogen) atoms. The van der Waals surface area contributed by atoms with Gasteiger partial charge in [0.15, 0.2) is 15.8 Å². The van der Waals surface area contributed by atoms with Crippen molar-refractivity contribution in [3.05, 3.63) is 24.3 Å². The van der Waals surface area contributed by atoms with Crippen LogP contribution in [0.5, 0.6) is 5.75 Å². The SMILES string of the molecule is CN=C(NCCOc1ccc(S(C)(=O)=O)cc1)NC(C)CCC(C)(C)C.I. The lowest BCUT2D eigenvalue weighted by atomic mass is 9.89. The number of nitrogens with zero attached hydrogens (tertiary/aromatic N) is 1. The highest BCUT2D eigenvalue weighted by Crippen LogP contribution is 2.21. The molecule has 0 spiro atoms. The Balaban J connectivity index is 0.00000676. The van der Waals surface area contributed by atoms with E-state index >= 15 is 0 Å². The summed E-state index contributed by atoms with van der Waals surface area (Å²) < 4.78 is 28.5. The minimum Gasteiger partial charge on any atom is -0.492 e. The first-order chi connectivity index (χ1) is 12.0. The molecule has 1 atom stereocenters. The Morgan fingerprint density at radius 1 is 1.22 bits per heavy atom. The molecule has 6 nitrogen and oxygen atoms in total. The maximum Gasteiger partial charge on any atom is 0.191 e. The maximum absolute atomic E-state index is 11.4. The summed E-state index contributed by atoms with van der Waals surface area (Å²) in [5, 5.41) is 6.60. The lowest BCUT2D eigenvalue weighted by molar-refractivity contribution is 0.320. The van der Waals surface area contributed by atoms with Gasteiger partial charge in [-0.1, -0.05) is 20.8 Å². The van der Waals surface area contributed by atoms with Gasteiger partial charge in [-0.3, -0.25) is 4.99 Å². The van der Waals surface area contributed by atoms with E-state index in [1.807, 2.05) is 0 Å². The number of guanidine groups is 1. The van der Waals surface area contributed by atoms with Crippen LogP contribution in [0.1, 0.15) is 40.5 Å². The van der Waals surface area contributed by atoms with Crippen molar-refractivity contribution in [3.63, 3.8) is 0 Å². The van der Waals surface area contributed by atoms with Crippen molar-refractivity contribution in [2.75, 3.05) is 26.5 Å². The first kappa shape index (κ1) is 26.0. The van der Waals surface area contributed by atoms with Crippen LogP contribution in [0.15, 0.2) is 34.2 Å². The molecule has 2 N–H and O–H groups in total. The van der Waals surface area contributed by atoms with Crippen LogP contribution in [-0.4, -0.2) is 46.9 Å². The molecule has 0 aliphatic carbocycles. The Bertz CT molecular complexity index is 683. The van der Waals surface area contributed by atoms with Crippen molar-refractivity contribution in [2.24, 2.45) is 10.4 Å². The summed E-state index contributed by atoms with van der Waals surface area (Å²) in [4.78, 5) is 4.52. The predicted octanol–water partition coefficient (Wildman–Crippen LogP) is 3.47. The summed E-state index contributed by atoms with van der Waals surface area (Å²) in [6.07, 6.45) is 3.41. The first-order valence-electron chi connectivity index (χ1n) is 8.91. The van der Waals surface area contributed by atoms with Gasteiger partial charge in [-0.15, -0.1) is 24.0 Å². The van der Waals surface area contributed by atoms with Crippen LogP contribution in [0.3, 0.4) is 0 Å². The third-order valence-electron chi connectivity index (χ3n) is 3.85. The molecule has 1 aromatic rings. The zero-order chi connectivity index (χ0) is 19.8. The number of aliphatic imine (C=N–C) groups is 1. The van der Waals surface area contributed by atoms with Crippen LogP contribution < -0.4 is 15.4 Å². The number of hydrogen-bond acceptors (Lipinski definition) is 4. The van der Waals surface area contributed by atoms with Gasteiger partial charge in [0.25, 0.3) is 0 Å². The summed E-state index contributed by atoms with van der Waals surface area (Å²) in [6, 6.07) is 6.77. The van der Waals surface area contributed by atoms with Gasteiger partial charge in [-0.2, -0.15) is 0 Å². The highest BCUT2D eigenvalue weighted by Gasteiger charge is 2.13. The topological polar surface area (TPSA) is 79.8 Å². The average Bonchev–Trinajstić information content (AvgIpc) is 2.54. The quantitative estimate of drug-likeness (QED) is 0.242. The minimum atomic E-state index is -3.18. The molecule has 1 aromatic carbocycles. The van der Waals surface area contributed by atoms with E-state index in [-0.39, 0.29) is 28.9 Å². The molecule has 0 amide bonds. The molecular weight excluding hydrogens is 477 g/mol. The molecule has 8 heteroatoms. The van der Waals surface area contributed by atoms with Crippen LogP contribution in [0.4, 0.5) is 0 Å². The number of nitrogens with one attached hydrogen (secondary N) is 2. The second kappa shape index (κ2) is 11.7. The zero-order valence-electron chi connectivity index (χ0n) is 17.2. The van der Waals surface area contributed by atoms with E-state index in [0.29, 0.717) is 30.4 Å². The molecule has 0 heterocycles. The number of sulfone groups is 1. The van der Waals surface area contributed by atoms with Gasteiger partial charge in [-0.25, -0.2) is 8.42 Å². The number of rotatable bonds is 8. The van der Waals surface area contributed by atoms with E-state index in [1.165, 1.54) is 6.26 Å². The van der Waals surface area contributed by atoms with E-state index in [4.69, 9.17) is 4.74 Å². The zero-order valence-corrected chi connectivity index (χ0v) is 20.4. The van der Waals surface area contributed by atoms with Crippen LogP contribution in [0.2, 0.25) is 0 Å². The number of benzene rings is 1. The molecule has 0 aromatic heterocycles. The van der Waals surface area contributed by atoms with Crippen molar-refractivity contribution in [1.29, 1.82) is 0 Å². The van der Waals surface area contributed by atoms with Gasteiger partial charge < -0.3 is 15.4 Å². The fraction of sp³-hybridized carbons (Fsp3) is 0.632. The van der Waals surface area contributed by atoms with E-state index in [9.17, 15) is 8.42 Å². The highest BCUT2D eigenvalue weighted by atomic mass is 127. The van der Waals surface area contributed by atoms with Gasteiger partial charge in [0, 0.05) is 19.3 Å². The standard InChI is InChI=1S/C19H33N3O3S.HI/c1-15(11-12-19(2,3)4)22-18(20-5)21-13-14-25-16-7-9-17(10-8-16)26(6,23)24;/h7-10,15H,11-14H2,1-6H3,(H2,20,21,22);1H. The average molecular weight is 511 g/mol. The minimum absolute atomic E-state index is 0. The third kappa shape index (κ3) is 11.4. The largest absolute Gasteiger partial charge is 0.492 e. The van der Waals surface area contributed by atoms with Crippen molar-refractivity contribution < 1.29 is 13.2 Å². The van der Waals surface area contributed by atoms with Crippen LogP contribution in [0.25, 0.3) is 0 Å². The lowest BCUT2D eigenvalue weighted by Crippen LogP contribution is -2.43. The molecule has 0 bridgehead atoms. The highest BCUT2D eigenvalue weighted by molar-refractivity contribution is 14.0. The monoisotopic (exact) mass is 511 g/mol. The van der Waals surface area contributed by atoms with Gasteiger partial charge in [0.05, 0.1) is 11.4 Å². The van der Waals surface area contributed by atoms with Crippen LogP contribution in [-0.2, 0) is 9.84 Å². The molecule has 156 valence electrons. The van der Waals surface area contributed by atoms with Gasteiger partial charge in [0.2, 0.25) is 0 Å². The maximum atomic E-state index is 11.4. The van der Waals surface area contributed by atoms with Gasteiger partial charge >= 0.3 is 0 Å². The molecule has 0 saturated carbocycles. The Hall–Kier alpha value is -1.03. The van der Waals surface area contributed by atoms with E-state index in [1.54, 1.807) is 31.3 Å². The second-order valence-corrected chi connectivity index (χ2v) is 9.75. The third-order valence-corrected chi connectivity index (χ3v) is 4.98. The van der Waals surface area contributed by atoms with Crippen molar-refractivity contribution in [2.45, 2.75) is 51.5 Å². The van der Waals surface area contributed by atoms with Crippen LogP contribution >= 0.6 is 24.0 Å². The number of ether oxygens (including phenoxy) is 1. The smallest absolute Gasteiger partial charge is 0.191 e. The normalized spacial score (nSPS) is 13.5. The Labute approximate surface area is 181 Å². The van der Waals surface area contributed by atoms with E-state index in [2.05, 4.69) is 43.3 Å².